The molecule has 11 heteroatoms. The van der Waals surface area contributed by atoms with Gasteiger partial charge >= 0.3 is 0 Å². The summed E-state index contributed by atoms with van der Waals surface area (Å²) in [7, 11) is 0. The van der Waals surface area contributed by atoms with Crippen LogP contribution in [-0.4, -0.2) is 49.0 Å². The predicted molar refractivity (Wildman–Crippen MR) is 107 cm³/mol. The van der Waals surface area contributed by atoms with E-state index in [1.807, 2.05) is 20.8 Å². The molecule has 4 rings (SSSR count). The topological polar surface area (TPSA) is 72.6 Å². The SMILES string of the molecule is CC(C)(C)c1nc(N2CCC(F)(F)C2)c2nnn(Cc3nccc(Cl)c3Cl)c2n1. The summed E-state index contributed by atoms with van der Waals surface area (Å²) in [5, 5.41) is 9.04. The van der Waals surface area contributed by atoms with Gasteiger partial charge in [0.05, 0.1) is 28.8 Å². The highest BCUT2D eigenvalue weighted by Gasteiger charge is 2.40. The van der Waals surface area contributed by atoms with Crippen molar-refractivity contribution in [1.82, 2.24) is 29.9 Å². The van der Waals surface area contributed by atoms with Gasteiger partial charge in [-0.1, -0.05) is 49.2 Å². The van der Waals surface area contributed by atoms with E-state index in [0.717, 1.165) is 0 Å². The first-order valence-electron chi connectivity index (χ1n) is 9.08. The summed E-state index contributed by atoms with van der Waals surface area (Å²) in [5.41, 5.74) is 0.921. The molecule has 7 nitrogen and oxygen atoms in total. The van der Waals surface area contributed by atoms with Gasteiger partial charge in [-0.2, -0.15) is 0 Å². The number of halogens is 4. The van der Waals surface area contributed by atoms with Crippen molar-refractivity contribution in [2.45, 2.75) is 45.1 Å². The molecule has 0 unspecified atom stereocenters. The van der Waals surface area contributed by atoms with E-state index < -0.39 is 17.9 Å². The molecule has 0 aliphatic carbocycles. The Morgan fingerprint density at radius 1 is 1.21 bits per heavy atom. The minimum absolute atomic E-state index is 0.187. The standard InChI is InChI=1S/C18H19Cl2F2N7/c1-17(2,3)16-24-14(28-7-5-18(21,22)9-28)13-15(25-16)29(27-26-13)8-11-12(20)10(19)4-6-23-11/h4,6H,5,7-9H2,1-3H3. The maximum Gasteiger partial charge on any atom is 0.266 e. The summed E-state index contributed by atoms with van der Waals surface area (Å²) in [6.07, 6.45) is 1.33. The Hall–Kier alpha value is -2.13. The molecule has 1 aliphatic rings. The molecule has 0 amide bonds. The van der Waals surface area contributed by atoms with Crippen molar-refractivity contribution in [1.29, 1.82) is 0 Å². The molecule has 154 valence electrons. The van der Waals surface area contributed by atoms with E-state index in [1.165, 1.54) is 4.68 Å². The van der Waals surface area contributed by atoms with Crippen molar-refractivity contribution in [3.8, 4) is 0 Å². The fourth-order valence-corrected chi connectivity index (χ4v) is 3.47. The van der Waals surface area contributed by atoms with Crippen molar-refractivity contribution >= 4 is 40.2 Å². The van der Waals surface area contributed by atoms with Gasteiger partial charge in [-0.15, -0.1) is 5.10 Å². The van der Waals surface area contributed by atoms with Gasteiger partial charge in [-0.05, 0) is 6.07 Å². The lowest BCUT2D eigenvalue weighted by atomic mass is 9.96. The number of aromatic nitrogens is 6. The molecule has 0 radical (unpaired) electrons. The molecular formula is C18H19Cl2F2N7. The molecule has 1 aliphatic heterocycles. The number of hydrogen-bond donors (Lipinski definition) is 0. The molecular weight excluding hydrogens is 423 g/mol. The molecule has 0 aromatic carbocycles. The summed E-state index contributed by atoms with van der Waals surface area (Å²) >= 11 is 12.3. The van der Waals surface area contributed by atoms with E-state index in [9.17, 15) is 8.78 Å². The van der Waals surface area contributed by atoms with E-state index in [1.54, 1.807) is 17.2 Å². The van der Waals surface area contributed by atoms with Gasteiger partial charge in [-0.3, -0.25) is 4.98 Å². The maximum atomic E-state index is 13.8. The van der Waals surface area contributed by atoms with Gasteiger partial charge in [0.15, 0.2) is 17.0 Å². The lowest BCUT2D eigenvalue weighted by Gasteiger charge is -2.22. The summed E-state index contributed by atoms with van der Waals surface area (Å²) in [6, 6.07) is 1.60. The zero-order valence-corrected chi connectivity index (χ0v) is 17.6. The second-order valence-electron chi connectivity index (χ2n) is 8.12. The van der Waals surface area contributed by atoms with Gasteiger partial charge < -0.3 is 4.90 Å². The summed E-state index contributed by atoms with van der Waals surface area (Å²) in [6.45, 7) is 5.85. The lowest BCUT2D eigenvalue weighted by molar-refractivity contribution is 0.0257. The number of fused-ring (bicyclic) bond motifs is 1. The van der Waals surface area contributed by atoms with E-state index in [0.29, 0.717) is 38.5 Å². The van der Waals surface area contributed by atoms with Gasteiger partial charge in [0, 0.05) is 24.6 Å². The Labute approximate surface area is 176 Å². The molecule has 0 atom stereocenters. The van der Waals surface area contributed by atoms with E-state index in [-0.39, 0.29) is 19.5 Å². The smallest absolute Gasteiger partial charge is 0.266 e. The molecule has 0 bridgehead atoms. The van der Waals surface area contributed by atoms with Crippen molar-refractivity contribution in [2.75, 3.05) is 18.0 Å². The van der Waals surface area contributed by atoms with Crippen molar-refractivity contribution < 1.29 is 8.78 Å². The van der Waals surface area contributed by atoms with Crippen LogP contribution in [0.2, 0.25) is 10.0 Å². The predicted octanol–water partition coefficient (Wildman–Crippen LogP) is 4.11. The fourth-order valence-electron chi connectivity index (χ4n) is 3.13. The molecule has 0 saturated carbocycles. The van der Waals surface area contributed by atoms with E-state index in [2.05, 4.69) is 25.3 Å². The Bertz CT molecular complexity index is 1080. The quantitative estimate of drug-likeness (QED) is 0.608. The Morgan fingerprint density at radius 2 is 1.97 bits per heavy atom. The third-order valence-electron chi connectivity index (χ3n) is 4.70. The molecule has 4 heterocycles. The molecule has 29 heavy (non-hydrogen) atoms. The molecule has 3 aromatic rings. The maximum absolute atomic E-state index is 13.8. The lowest BCUT2D eigenvalue weighted by Crippen LogP contribution is -2.27. The van der Waals surface area contributed by atoms with Gasteiger partial charge in [0.2, 0.25) is 0 Å². The van der Waals surface area contributed by atoms with Gasteiger partial charge in [0.25, 0.3) is 5.92 Å². The number of hydrogen-bond acceptors (Lipinski definition) is 6. The van der Waals surface area contributed by atoms with Crippen LogP contribution in [0.5, 0.6) is 0 Å². The van der Waals surface area contributed by atoms with E-state index >= 15 is 0 Å². The molecule has 1 saturated heterocycles. The van der Waals surface area contributed by atoms with Crippen molar-refractivity contribution in [2.24, 2.45) is 0 Å². The fraction of sp³-hybridized carbons (Fsp3) is 0.500. The monoisotopic (exact) mass is 441 g/mol. The summed E-state index contributed by atoms with van der Waals surface area (Å²) < 4.78 is 29.2. The zero-order valence-electron chi connectivity index (χ0n) is 16.1. The van der Waals surface area contributed by atoms with Gasteiger partial charge in [0.1, 0.15) is 5.82 Å². The number of nitrogens with zero attached hydrogens (tertiary/aromatic N) is 7. The Balaban J connectivity index is 1.84. The normalized spacial score (nSPS) is 16.7. The Kier molecular flexibility index (Phi) is 4.85. The van der Waals surface area contributed by atoms with Crippen LogP contribution in [0.25, 0.3) is 11.2 Å². The molecule has 0 spiro atoms. The minimum atomic E-state index is -2.76. The minimum Gasteiger partial charge on any atom is -0.348 e. The van der Waals surface area contributed by atoms with Crippen LogP contribution in [0.3, 0.4) is 0 Å². The molecule has 1 fully saturated rings. The third-order valence-corrected chi connectivity index (χ3v) is 5.53. The summed E-state index contributed by atoms with van der Waals surface area (Å²) in [5.74, 6) is -1.87. The van der Waals surface area contributed by atoms with Crippen LogP contribution < -0.4 is 4.90 Å². The van der Waals surface area contributed by atoms with Crippen LogP contribution >= 0.6 is 23.2 Å². The first kappa shape index (κ1) is 20.2. The first-order chi connectivity index (χ1) is 13.5. The average Bonchev–Trinajstić information content (AvgIpc) is 3.20. The zero-order chi connectivity index (χ0) is 21.0. The highest BCUT2D eigenvalue weighted by atomic mass is 35.5. The van der Waals surface area contributed by atoms with Crippen molar-refractivity contribution in [3.63, 3.8) is 0 Å². The van der Waals surface area contributed by atoms with Crippen LogP contribution in [0.1, 0.15) is 38.7 Å². The average molecular weight is 442 g/mol. The van der Waals surface area contributed by atoms with E-state index in [4.69, 9.17) is 23.2 Å². The van der Waals surface area contributed by atoms with Gasteiger partial charge in [-0.25, -0.2) is 23.4 Å². The number of pyridine rings is 1. The summed E-state index contributed by atoms with van der Waals surface area (Å²) in [4.78, 5) is 15.0. The first-order valence-corrected chi connectivity index (χ1v) is 9.84. The highest BCUT2D eigenvalue weighted by Crippen LogP contribution is 2.34. The third kappa shape index (κ3) is 3.85. The van der Waals surface area contributed by atoms with Crippen LogP contribution in [0, 0.1) is 0 Å². The number of alkyl halides is 2. The second-order valence-corrected chi connectivity index (χ2v) is 8.91. The molecule has 0 N–H and O–H groups in total. The second kappa shape index (κ2) is 6.98. The highest BCUT2D eigenvalue weighted by molar-refractivity contribution is 6.42. The van der Waals surface area contributed by atoms with Crippen LogP contribution in [0.4, 0.5) is 14.6 Å². The van der Waals surface area contributed by atoms with Crippen LogP contribution in [0.15, 0.2) is 12.3 Å². The van der Waals surface area contributed by atoms with Crippen molar-refractivity contribution in [3.05, 3.63) is 33.8 Å². The number of rotatable bonds is 3. The largest absolute Gasteiger partial charge is 0.348 e. The number of anilines is 1. The van der Waals surface area contributed by atoms with Crippen LogP contribution in [-0.2, 0) is 12.0 Å². The molecule has 3 aromatic heterocycles. The Morgan fingerprint density at radius 3 is 2.62 bits per heavy atom.